The summed E-state index contributed by atoms with van der Waals surface area (Å²) in [5.41, 5.74) is 6.46. The van der Waals surface area contributed by atoms with Gasteiger partial charge in [-0.25, -0.2) is 4.39 Å². The molecule has 4 nitrogen and oxygen atoms in total. The minimum Gasteiger partial charge on any atom is -0.354 e. The molecule has 0 radical (unpaired) electrons. The minimum atomic E-state index is -0.236. The van der Waals surface area contributed by atoms with Crippen LogP contribution in [0.15, 0.2) is 22.7 Å². The van der Waals surface area contributed by atoms with Crippen molar-refractivity contribution in [2.75, 3.05) is 19.6 Å². The highest BCUT2D eigenvalue weighted by atomic mass is 79.9. The fourth-order valence-corrected chi connectivity index (χ4v) is 3.30. The first kappa shape index (κ1) is 20.4. The Balaban J connectivity index is 0.00000264. The van der Waals surface area contributed by atoms with Gasteiger partial charge in [0.2, 0.25) is 5.91 Å². The molecule has 2 rings (SSSR count). The summed E-state index contributed by atoms with van der Waals surface area (Å²) in [6.45, 7) is 2.79. The molecule has 0 saturated carbocycles. The standard InChI is InChI=1S/C16H23BrFN3O.ClH/c17-15-9-13(18)5-4-12(15)11-21-8-2-1-3-14(21)10-20-16(22)6-7-19;/h4-5,9,14H,1-3,6-8,10-11,19H2,(H,20,22);1H. The lowest BCUT2D eigenvalue weighted by molar-refractivity contribution is -0.121. The van der Waals surface area contributed by atoms with Crippen LogP contribution in [0.25, 0.3) is 0 Å². The molecule has 3 N–H and O–H groups in total. The van der Waals surface area contributed by atoms with Gasteiger partial charge in [-0.3, -0.25) is 9.69 Å². The van der Waals surface area contributed by atoms with Crippen molar-refractivity contribution in [1.29, 1.82) is 0 Å². The average Bonchev–Trinajstić information content (AvgIpc) is 2.49. The smallest absolute Gasteiger partial charge is 0.221 e. The van der Waals surface area contributed by atoms with Crippen LogP contribution < -0.4 is 11.1 Å². The first-order valence-electron chi connectivity index (χ1n) is 7.75. The van der Waals surface area contributed by atoms with Gasteiger partial charge in [0.05, 0.1) is 0 Å². The van der Waals surface area contributed by atoms with Crippen LogP contribution >= 0.6 is 28.3 Å². The predicted molar refractivity (Wildman–Crippen MR) is 96.1 cm³/mol. The van der Waals surface area contributed by atoms with Crippen molar-refractivity contribution in [3.05, 3.63) is 34.1 Å². The van der Waals surface area contributed by atoms with E-state index in [1.165, 1.54) is 18.6 Å². The topological polar surface area (TPSA) is 58.4 Å². The van der Waals surface area contributed by atoms with Crippen molar-refractivity contribution in [3.8, 4) is 0 Å². The van der Waals surface area contributed by atoms with E-state index < -0.39 is 0 Å². The largest absolute Gasteiger partial charge is 0.354 e. The number of amides is 1. The number of nitrogens with two attached hydrogens (primary N) is 1. The summed E-state index contributed by atoms with van der Waals surface area (Å²) in [4.78, 5) is 13.9. The van der Waals surface area contributed by atoms with E-state index in [9.17, 15) is 9.18 Å². The number of piperidine rings is 1. The van der Waals surface area contributed by atoms with E-state index in [-0.39, 0.29) is 24.1 Å². The average molecular weight is 409 g/mol. The zero-order valence-electron chi connectivity index (χ0n) is 13.1. The minimum absolute atomic E-state index is 0. The van der Waals surface area contributed by atoms with Crippen molar-refractivity contribution in [3.63, 3.8) is 0 Å². The summed E-state index contributed by atoms with van der Waals surface area (Å²) in [5, 5.41) is 2.96. The van der Waals surface area contributed by atoms with E-state index >= 15 is 0 Å². The highest BCUT2D eigenvalue weighted by Gasteiger charge is 2.23. The first-order valence-corrected chi connectivity index (χ1v) is 8.54. The van der Waals surface area contributed by atoms with Crippen LogP contribution in [0.1, 0.15) is 31.2 Å². The molecule has 1 fully saturated rings. The third kappa shape index (κ3) is 6.37. The van der Waals surface area contributed by atoms with Gasteiger partial charge >= 0.3 is 0 Å². The zero-order valence-corrected chi connectivity index (χ0v) is 15.5. The van der Waals surface area contributed by atoms with E-state index in [1.807, 2.05) is 6.07 Å². The molecule has 7 heteroatoms. The zero-order chi connectivity index (χ0) is 15.9. The van der Waals surface area contributed by atoms with Crippen molar-refractivity contribution in [2.45, 2.75) is 38.3 Å². The summed E-state index contributed by atoms with van der Waals surface area (Å²) >= 11 is 3.43. The molecule has 1 aliphatic rings. The molecule has 1 unspecified atom stereocenters. The number of hydrogen-bond acceptors (Lipinski definition) is 3. The summed E-state index contributed by atoms with van der Waals surface area (Å²) < 4.78 is 14.0. The van der Waals surface area contributed by atoms with E-state index in [4.69, 9.17) is 5.73 Å². The normalized spacial score (nSPS) is 18.3. The number of rotatable bonds is 6. The maximum absolute atomic E-state index is 13.2. The molecule has 130 valence electrons. The van der Waals surface area contributed by atoms with E-state index in [1.54, 1.807) is 0 Å². The number of nitrogens with zero attached hydrogens (tertiary/aromatic N) is 1. The monoisotopic (exact) mass is 407 g/mol. The molecule has 1 atom stereocenters. The van der Waals surface area contributed by atoms with Gasteiger partial charge in [0.25, 0.3) is 0 Å². The molecular weight excluding hydrogens is 385 g/mol. The maximum atomic E-state index is 13.2. The number of likely N-dealkylation sites (tertiary alicyclic amines) is 1. The van der Waals surface area contributed by atoms with Crippen molar-refractivity contribution in [2.24, 2.45) is 5.73 Å². The molecule has 23 heavy (non-hydrogen) atoms. The van der Waals surface area contributed by atoms with E-state index in [0.717, 1.165) is 36.0 Å². The molecule has 0 spiro atoms. The number of nitrogens with one attached hydrogen (secondary N) is 1. The molecular formula is C16H24BrClFN3O. The first-order chi connectivity index (χ1) is 10.6. The van der Waals surface area contributed by atoms with Gasteiger partial charge in [-0.05, 0) is 37.1 Å². The molecule has 1 aromatic carbocycles. The SMILES string of the molecule is Cl.NCCC(=O)NCC1CCCCN1Cc1ccc(F)cc1Br. The molecule has 1 heterocycles. The number of carbonyl (C=O) groups is 1. The van der Waals surface area contributed by atoms with Crippen LogP contribution in [-0.4, -0.2) is 36.5 Å². The Morgan fingerprint density at radius 1 is 1.43 bits per heavy atom. The van der Waals surface area contributed by atoms with E-state index in [2.05, 4.69) is 26.1 Å². The van der Waals surface area contributed by atoms with Gasteiger partial charge in [-0.2, -0.15) is 0 Å². The quantitative estimate of drug-likeness (QED) is 0.761. The molecule has 0 bridgehead atoms. The second-order valence-corrected chi connectivity index (χ2v) is 6.55. The van der Waals surface area contributed by atoms with Gasteiger partial charge in [0.1, 0.15) is 5.82 Å². The predicted octanol–water partition coefficient (Wildman–Crippen LogP) is 2.83. The van der Waals surface area contributed by atoms with Crippen LogP contribution in [0.5, 0.6) is 0 Å². The van der Waals surface area contributed by atoms with Crippen LogP contribution in [0.2, 0.25) is 0 Å². The van der Waals surface area contributed by atoms with E-state index in [0.29, 0.717) is 25.6 Å². The highest BCUT2D eigenvalue weighted by molar-refractivity contribution is 9.10. The lowest BCUT2D eigenvalue weighted by atomic mass is 10.0. The van der Waals surface area contributed by atoms with Crippen LogP contribution in [-0.2, 0) is 11.3 Å². The van der Waals surface area contributed by atoms with Gasteiger partial charge < -0.3 is 11.1 Å². The molecule has 1 amide bonds. The molecule has 1 aromatic rings. The number of halogens is 3. The third-order valence-corrected chi connectivity index (χ3v) is 4.78. The summed E-state index contributed by atoms with van der Waals surface area (Å²) in [6.07, 6.45) is 3.78. The Morgan fingerprint density at radius 2 is 2.22 bits per heavy atom. The highest BCUT2D eigenvalue weighted by Crippen LogP contribution is 2.24. The summed E-state index contributed by atoms with van der Waals surface area (Å²) in [7, 11) is 0. The Hall–Kier alpha value is -0.690. The Morgan fingerprint density at radius 3 is 2.91 bits per heavy atom. The van der Waals surface area contributed by atoms with Crippen LogP contribution in [0.4, 0.5) is 4.39 Å². The fourth-order valence-electron chi connectivity index (χ4n) is 2.82. The number of benzene rings is 1. The van der Waals surface area contributed by atoms with Gasteiger partial charge in [-0.15, -0.1) is 12.4 Å². The molecule has 0 aliphatic carbocycles. The van der Waals surface area contributed by atoms with Crippen molar-refractivity contribution < 1.29 is 9.18 Å². The lowest BCUT2D eigenvalue weighted by Crippen LogP contribution is -2.46. The maximum Gasteiger partial charge on any atom is 0.221 e. The third-order valence-electron chi connectivity index (χ3n) is 4.04. The second-order valence-electron chi connectivity index (χ2n) is 5.70. The second kappa shape index (κ2) is 10.2. The Kier molecular flexibility index (Phi) is 9.06. The molecule has 1 saturated heterocycles. The number of hydrogen-bond donors (Lipinski definition) is 2. The lowest BCUT2D eigenvalue weighted by Gasteiger charge is -2.36. The van der Waals surface area contributed by atoms with Gasteiger partial charge in [0, 0.05) is 36.6 Å². The van der Waals surface area contributed by atoms with Crippen molar-refractivity contribution >= 4 is 34.2 Å². The van der Waals surface area contributed by atoms with Crippen LogP contribution in [0.3, 0.4) is 0 Å². The fraction of sp³-hybridized carbons (Fsp3) is 0.562. The Bertz CT molecular complexity index is 518. The summed E-state index contributed by atoms with van der Waals surface area (Å²) in [5.74, 6) is -0.226. The summed E-state index contributed by atoms with van der Waals surface area (Å²) in [6, 6.07) is 5.13. The van der Waals surface area contributed by atoms with Gasteiger partial charge in [0.15, 0.2) is 0 Å². The van der Waals surface area contributed by atoms with Crippen molar-refractivity contribution in [1.82, 2.24) is 10.2 Å². The van der Waals surface area contributed by atoms with Gasteiger partial charge in [-0.1, -0.05) is 28.4 Å². The molecule has 0 aromatic heterocycles. The Labute approximate surface area is 151 Å². The number of carbonyl (C=O) groups excluding carboxylic acids is 1. The molecule has 1 aliphatic heterocycles. The van der Waals surface area contributed by atoms with Crippen LogP contribution in [0, 0.1) is 5.82 Å².